The van der Waals surface area contributed by atoms with Crippen LogP contribution in [0.3, 0.4) is 0 Å². The zero-order valence-corrected chi connectivity index (χ0v) is 12.9. The SMILES string of the molecule is CCC1CN(C2CC3CCCC(C2)N3C)C(C)CN1. The molecule has 3 aliphatic rings. The van der Waals surface area contributed by atoms with Gasteiger partial charge in [0.1, 0.15) is 0 Å². The Morgan fingerprint density at radius 2 is 1.79 bits per heavy atom. The van der Waals surface area contributed by atoms with E-state index >= 15 is 0 Å². The highest BCUT2D eigenvalue weighted by atomic mass is 15.3. The van der Waals surface area contributed by atoms with Crippen molar-refractivity contribution in [2.75, 3.05) is 20.1 Å². The molecule has 0 aliphatic carbocycles. The van der Waals surface area contributed by atoms with Gasteiger partial charge in [-0.15, -0.1) is 0 Å². The smallest absolute Gasteiger partial charge is 0.0196 e. The topological polar surface area (TPSA) is 18.5 Å². The maximum absolute atomic E-state index is 3.69. The molecule has 3 heteroatoms. The molecule has 19 heavy (non-hydrogen) atoms. The second-order valence-electron chi connectivity index (χ2n) is 7.09. The van der Waals surface area contributed by atoms with E-state index in [-0.39, 0.29) is 0 Å². The Hall–Kier alpha value is -0.120. The molecule has 3 rings (SSSR count). The third-order valence-electron chi connectivity index (χ3n) is 5.98. The Labute approximate surface area is 118 Å². The van der Waals surface area contributed by atoms with Crippen LogP contribution in [0.2, 0.25) is 0 Å². The molecule has 0 amide bonds. The number of piperazine rings is 1. The molecule has 0 spiro atoms. The van der Waals surface area contributed by atoms with Gasteiger partial charge in [-0.2, -0.15) is 0 Å². The summed E-state index contributed by atoms with van der Waals surface area (Å²) < 4.78 is 0. The van der Waals surface area contributed by atoms with Gasteiger partial charge in [0.05, 0.1) is 0 Å². The van der Waals surface area contributed by atoms with E-state index in [1.54, 1.807) is 0 Å². The van der Waals surface area contributed by atoms with E-state index in [0.717, 1.165) is 30.2 Å². The van der Waals surface area contributed by atoms with E-state index in [4.69, 9.17) is 0 Å². The second-order valence-corrected chi connectivity index (χ2v) is 7.09. The van der Waals surface area contributed by atoms with E-state index in [2.05, 4.69) is 36.0 Å². The van der Waals surface area contributed by atoms with Gasteiger partial charge < -0.3 is 10.2 Å². The van der Waals surface area contributed by atoms with Crippen molar-refractivity contribution in [2.24, 2.45) is 0 Å². The van der Waals surface area contributed by atoms with Crippen molar-refractivity contribution in [3.63, 3.8) is 0 Å². The largest absolute Gasteiger partial charge is 0.311 e. The molecule has 3 saturated heterocycles. The summed E-state index contributed by atoms with van der Waals surface area (Å²) in [5.74, 6) is 0. The monoisotopic (exact) mass is 265 g/mol. The molecule has 3 aliphatic heterocycles. The first-order chi connectivity index (χ1) is 9.19. The molecule has 2 bridgehead atoms. The van der Waals surface area contributed by atoms with Crippen molar-refractivity contribution in [1.29, 1.82) is 0 Å². The third kappa shape index (κ3) is 2.70. The fourth-order valence-electron chi connectivity index (χ4n) is 4.59. The summed E-state index contributed by atoms with van der Waals surface area (Å²) in [7, 11) is 2.36. The second kappa shape index (κ2) is 5.71. The van der Waals surface area contributed by atoms with Crippen LogP contribution in [0.4, 0.5) is 0 Å². The highest BCUT2D eigenvalue weighted by Gasteiger charge is 2.40. The highest BCUT2D eigenvalue weighted by molar-refractivity contribution is 4.97. The van der Waals surface area contributed by atoms with E-state index in [9.17, 15) is 0 Å². The number of nitrogens with one attached hydrogen (secondary N) is 1. The van der Waals surface area contributed by atoms with Crippen LogP contribution in [0, 0.1) is 0 Å². The molecule has 3 fully saturated rings. The van der Waals surface area contributed by atoms with Crippen molar-refractivity contribution < 1.29 is 0 Å². The Kier molecular flexibility index (Phi) is 4.16. The number of hydrogen-bond donors (Lipinski definition) is 1. The van der Waals surface area contributed by atoms with E-state index in [1.165, 1.54) is 51.6 Å². The average molecular weight is 265 g/mol. The maximum atomic E-state index is 3.69. The quantitative estimate of drug-likeness (QED) is 0.824. The number of rotatable bonds is 2. The van der Waals surface area contributed by atoms with Gasteiger partial charge >= 0.3 is 0 Å². The van der Waals surface area contributed by atoms with Crippen LogP contribution >= 0.6 is 0 Å². The third-order valence-corrected chi connectivity index (χ3v) is 5.98. The van der Waals surface area contributed by atoms with E-state index in [1.807, 2.05) is 0 Å². The van der Waals surface area contributed by atoms with Crippen molar-refractivity contribution in [2.45, 2.75) is 82.6 Å². The Morgan fingerprint density at radius 3 is 2.42 bits per heavy atom. The summed E-state index contributed by atoms with van der Waals surface area (Å²) in [6, 6.07) is 4.00. The van der Waals surface area contributed by atoms with Gasteiger partial charge in [-0.25, -0.2) is 0 Å². The molecule has 110 valence electrons. The lowest BCUT2D eigenvalue weighted by Gasteiger charge is -2.52. The van der Waals surface area contributed by atoms with E-state index in [0.29, 0.717) is 0 Å². The lowest BCUT2D eigenvalue weighted by atomic mass is 9.81. The van der Waals surface area contributed by atoms with Crippen LogP contribution in [0.1, 0.15) is 52.4 Å². The summed E-state index contributed by atoms with van der Waals surface area (Å²) in [5.41, 5.74) is 0. The minimum atomic E-state index is 0.718. The highest BCUT2D eigenvalue weighted by Crippen LogP contribution is 2.35. The van der Waals surface area contributed by atoms with Gasteiger partial charge in [0, 0.05) is 43.3 Å². The number of hydrogen-bond acceptors (Lipinski definition) is 3. The molecular formula is C16H31N3. The van der Waals surface area contributed by atoms with Gasteiger partial charge in [0.25, 0.3) is 0 Å². The lowest BCUT2D eigenvalue weighted by molar-refractivity contribution is -0.0155. The molecule has 1 N–H and O–H groups in total. The van der Waals surface area contributed by atoms with Gasteiger partial charge in [-0.1, -0.05) is 13.3 Å². The lowest BCUT2D eigenvalue weighted by Crippen LogP contribution is -2.62. The minimum absolute atomic E-state index is 0.718. The minimum Gasteiger partial charge on any atom is -0.311 e. The summed E-state index contributed by atoms with van der Waals surface area (Å²) in [6.45, 7) is 7.17. The van der Waals surface area contributed by atoms with Crippen molar-refractivity contribution in [3.8, 4) is 0 Å². The van der Waals surface area contributed by atoms with Crippen LogP contribution in [-0.4, -0.2) is 60.1 Å². The molecule has 0 aromatic rings. The molecule has 0 saturated carbocycles. The molecule has 4 unspecified atom stereocenters. The zero-order valence-electron chi connectivity index (χ0n) is 12.9. The fraction of sp³-hybridized carbons (Fsp3) is 1.00. The predicted molar refractivity (Wildman–Crippen MR) is 80.5 cm³/mol. The van der Waals surface area contributed by atoms with Crippen LogP contribution in [0.5, 0.6) is 0 Å². The first kappa shape index (κ1) is 13.8. The summed E-state index contributed by atoms with van der Waals surface area (Å²) in [5, 5.41) is 3.69. The molecule has 3 heterocycles. The zero-order chi connectivity index (χ0) is 13.4. The van der Waals surface area contributed by atoms with Crippen LogP contribution in [-0.2, 0) is 0 Å². The van der Waals surface area contributed by atoms with Crippen LogP contribution in [0.15, 0.2) is 0 Å². The fourth-order valence-corrected chi connectivity index (χ4v) is 4.59. The van der Waals surface area contributed by atoms with Gasteiger partial charge in [-0.05, 0) is 46.1 Å². The standard InChI is InChI=1S/C16H31N3/c1-4-13-11-19(12(2)10-17-13)16-8-14-6-5-7-15(9-16)18(14)3/h12-17H,4-11H2,1-3H3. The maximum Gasteiger partial charge on any atom is 0.0196 e. The van der Waals surface area contributed by atoms with Crippen molar-refractivity contribution >= 4 is 0 Å². The number of fused-ring (bicyclic) bond motifs is 2. The van der Waals surface area contributed by atoms with Crippen molar-refractivity contribution in [1.82, 2.24) is 15.1 Å². The molecule has 4 atom stereocenters. The Balaban J connectivity index is 1.68. The van der Waals surface area contributed by atoms with Crippen molar-refractivity contribution in [3.05, 3.63) is 0 Å². The molecule has 0 radical (unpaired) electrons. The summed E-state index contributed by atoms with van der Waals surface area (Å²) >= 11 is 0. The first-order valence-corrected chi connectivity index (χ1v) is 8.40. The van der Waals surface area contributed by atoms with Crippen LogP contribution in [0.25, 0.3) is 0 Å². The summed E-state index contributed by atoms with van der Waals surface area (Å²) in [4.78, 5) is 5.52. The Morgan fingerprint density at radius 1 is 1.11 bits per heavy atom. The predicted octanol–water partition coefficient (Wildman–Crippen LogP) is 2.07. The van der Waals surface area contributed by atoms with Gasteiger partial charge in [-0.3, -0.25) is 4.90 Å². The normalized spacial score (nSPS) is 45.3. The molecular weight excluding hydrogens is 234 g/mol. The first-order valence-electron chi connectivity index (χ1n) is 8.40. The molecule has 0 aromatic heterocycles. The summed E-state index contributed by atoms with van der Waals surface area (Å²) in [6.07, 6.45) is 8.41. The van der Waals surface area contributed by atoms with Gasteiger partial charge in [0.2, 0.25) is 0 Å². The van der Waals surface area contributed by atoms with Gasteiger partial charge in [0.15, 0.2) is 0 Å². The molecule has 0 aromatic carbocycles. The number of nitrogens with zero attached hydrogens (tertiary/aromatic N) is 2. The molecule has 3 nitrogen and oxygen atoms in total. The Bertz CT molecular complexity index is 292. The van der Waals surface area contributed by atoms with E-state index < -0.39 is 0 Å². The van der Waals surface area contributed by atoms with Crippen LogP contribution < -0.4 is 5.32 Å². The average Bonchev–Trinajstić information content (AvgIpc) is 2.39. The number of piperidine rings is 2.